The second-order valence-corrected chi connectivity index (χ2v) is 5.80. The normalized spacial score (nSPS) is 33.3. The molecule has 2 aliphatic rings. The molecule has 7 nitrogen and oxygen atoms in total. The van der Waals surface area contributed by atoms with Crippen LogP contribution in [0.5, 0.6) is 0 Å². The predicted molar refractivity (Wildman–Crippen MR) is 85.2 cm³/mol. The van der Waals surface area contributed by atoms with Gasteiger partial charge in [-0.2, -0.15) is 0 Å². The van der Waals surface area contributed by atoms with Crippen LogP contribution in [0.15, 0.2) is 11.6 Å². The van der Waals surface area contributed by atoms with E-state index in [-0.39, 0.29) is 12.4 Å². The molecule has 2 aliphatic heterocycles. The summed E-state index contributed by atoms with van der Waals surface area (Å²) in [6.45, 7) is -6.06. The van der Waals surface area contributed by atoms with E-state index < -0.39 is 55.7 Å². The summed E-state index contributed by atoms with van der Waals surface area (Å²) in [7, 11) is 0. The number of fused-ring (bicyclic) bond motifs is 1. The Morgan fingerprint density at radius 1 is 1.57 bits per heavy atom. The number of halogens is 1. The fourth-order valence-corrected chi connectivity index (χ4v) is 2.90. The van der Waals surface area contributed by atoms with Crippen LogP contribution in [0.2, 0.25) is 0 Å². The highest BCUT2D eigenvalue weighted by Crippen LogP contribution is 2.31. The molecule has 23 heavy (non-hydrogen) atoms. The highest BCUT2D eigenvalue weighted by Gasteiger charge is 2.54. The van der Waals surface area contributed by atoms with E-state index in [1.165, 1.54) is 0 Å². The number of carbonyl (C=O) groups is 1. The lowest BCUT2D eigenvalue weighted by Gasteiger charge is -2.38. The Bertz CT molecular complexity index is 640. The second-order valence-electron chi connectivity index (χ2n) is 5.80. The van der Waals surface area contributed by atoms with Gasteiger partial charge in [0.1, 0.15) is 12.2 Å². The van der Waals surface area contributed by atoms with Crippen molar-refractivity contribution >= 4 is 18.4 Å². The van der Waals surface area contributed by atoms with Crippen LogP contribution >= 0.6 is 12.4 Å². The molecule has 1 fully saturated rings. The SMILES string of the molecule is Cl.[2H]C([2H])([2H])C(O)(C([2H])([2H])[2H])[C@](O)(C(=O)OCC1=CCN2CC[C@@H](O)[C@@H]12)[C@H](C)O. The van der Waals surface area contributed by atoms with Crippen molar-refractivity contribution in [3.8, 4) is 0 Å². The molecule has 0 aromatic rings. The Morgan fingerprint density at radius 3 is 2.78 bits per heavy atom. The maximum Gasteiger partial charge on any atom is 0.344 e. The number of hydrogen-bond donors (Lipinski definition) is 4. The van der Waals surface area contributed by atoms with Gasteiger partial charge in [-0.05, 0) is 32.6 Å². The average Bonchev–Trinajstić information content (AvgIpc) is 3.12. The number of nitrogens with zero attached hydrogens (tertiary/aromatic N) is 1. The molecule has 0 bridgehead atoms. The number of rotatable bonds is 5. The molecule has 0 spiro atoms. The lowest BCUT2D eigenvalue weighted by molar-refractivity contribution is -0.213. The Hall–Kier alpha value is -0.700. The van der Waals surface area contributed by atoms with Gasteiger partial charge in [0.25, 0.3) is 0 Å². The standard InChI is InChI=1S/C15H25NO6.ClH/c1-9(17)15(21,14(2,3)20)13(19)22-8-10-4-6-16-7-5-11(18)12(10)16;/h4,9,11-12,17-18,20-21H,5-8H2,1-3H3;1H/t9-,11+,12+,15+;/m0./s1/i2D3,3D3;. The number of hydrogen-bond acceptors (Lipinski definition) is 7. The molecule has 1 saturated heterocycles. The fraction of sp³-hybridized carbons (Fsp3) is 0.800. The summed E-state index contributed by atoms with van der Waals surface area (Å²) in [6, 6.07) is -0.406. The Morgan fingerprint density at radius 2 is 2.22 bits per heavy atom. The zero-order valence-electron chi connectivity index (χ0n) is 18.6. The van der Waals surface area contributed by atoms with E-state index in [2.05, 4.69) is 0 Å². The van der Waals surface area contributed by atoms with Crippen LogP contribution in [0.1, 0.15) is 35.3 Å². The molecule has 0 radical (unpaired) electrons. The Balaban J connectivity index is 0.00000420. The van der Waals surface area contributed by atoms with Gasteiger partial charge in [0, 0.05) is 21.3 Å². The molecule has 134 valence electrons. The number of ether oxygens (including phenoxy) is 1. The first-order valence-electron chi connectivity index (χ1n) is 10.00. The van der Waals surface area contributed by atoms with E-state index in [4.69, 9.17) is 13.0 Å². The van der Waals surface area contributed by atoms with Crippen molar-refractivity contribution in [3.05, 3.63) is 11.6 Å². The molecule has 0 amide bonds. The third kappa shape index (κ3) is 3.55. The lowest BCUT2D eigenvalue weighted by Crippen LogP contribution is -2.63. The molecular weight excluding hydrogens is 326 g/mol. The van der Waals surface area contributed by atoms with E-state index in [1.807, 2.05) is 4.90 Å². The molecule has 0 aliphatic carbocycles. The molecule has 0 aromatic heterocycles. The Labute approximate surface area is 150 Å². The summed E-state index contributed by atoms with van der Waals surface area (Å²) in [6.07, 6.45) is -0.755. The first kappa shape index (κ1) is 12.6. The topological polar surface area (TPSA) is 110 Å². The van der Waals surface area contributed by atoms with E-state index in [1.54, 1.807) is 6.08 Å². The average molecular weight is 358 g/mol. The van der Waals surface area contributed by atoms with Gasteiger partial charge in [-0.1, -0.05) is 6.08 Å². The van der Waals surface area contributed by atoms with Gasteiger partial charge in [-0.25, -0.2) is 4.79 Å². The van der Waals surface area contributed by atoms with Gasteiger partial charge in [0.15, 0.2) is 0 Å². The molecule has 8 heteroatoms. The minimum atomic E-state index is -3.98. The zero-order valence-corrected chi connectivity index (χ0v) is 13.4. The molecule has 2 rings (SSSR count). The van der Waals surface area contributed by atoms with Crippen molar-refractivity contribution in [2.75, 3.05) is 19.7 Å². The second kappa shape index (κ2) is 7.04. The van der Waals surface area contributed by atoms with Crippen LogP contribution in [0.25, 0.3) is 0 Å². The number of aliphatic hydroxyl groups excluding tert-OH is 2. The van der Waals surface area contributed by atoms with Crippen LogP contribution in [0, 0.1) is 0 Å². The molecule has 0 saturated carbocycles. The third-order valence-corrected chi connectivity index (χ3v) is 4.28. The van der Waals surface area contributed by atoms with Gasteiger partial charge < -0.3 is 25.2 Å². The summed E-state index contributed by atoms with van der Waals surface area (Å²) in [5, 5.41) is 41.2. The summed E-state index contributed by atoms with van der Waals surface area (Å²) >= 11 is 0. The number of carbonyl (C=O) groups excluding carboxylic acids is 1. The molecule has 4 N–H and O–H groups in total. The van der Waals surface area contributed by atoms with Gasteiger partial charge in [-0.3, -0.25) is 4.90 Å². The summed E-state index contributed by atoms with van der Waals surface area (Å²) in [4.78, 5) is 14.5. The van der Waals surface area contributed by atoms with Gasteiger partial charge in [-0.15, -0.1) is 12.4 Å². The summed E-state index contributed by atoms with van der Waals surface area (Å²) in [5.41, 5.74) is -7.14. The summed E-state index contributed by atoms with van der Waals surface area (Å²) < 4.78 is 49.3. The lowest BCUT2D eigenvalue weighted by atomic mass is 9.81. The van der Waals surface area contributed by atoms with Crippen molar-refractivity contribution in [2.24, 2.45) is 0 Å². The molecule has 4 atom stereocenters. The molecule has 0 aromatic carbocycles. The molecular formula is C15H26ClNO6. The van der Waals surface area contributed by atoms with Gasteiger partial charge >= 0.3 is 5.97 Å². The van der Waals surface area contributed by atoms with Crippen molar-refractivity contribution in [2.45, 2.75) is 56.5 Å². The monoisotopic (exact) mass is 357 g/mol. The largest absolute Gasteiger partial charge is 0.459 e. The predicted octanol–water partition coefficient (Wildman–Crippen LogP) is -0.791. The zero-order chi connectivity index (χ0) is 21.7. The minimum absolute atomic E-state index is 0. The van der Waals surface area contributed by atoms with E-state index in [9.17, 15) is 25.2 Å². The first-order valence-corrected chi connectivity index (χ1v) is 7.00. The van der Waals surface area contributed by atoms with Crippen molar-refractivity contribution in [1.82, 2.24) is 4.90 Å². The minimum Gasteiger partial charge on any atom is -0.459 e. The number of aliphatic hydroxyl groups is 4. The van der Waals surface area contributed by atoms with Crippen LogP contribution in [0.4, 0.5) is 0 Å². The van der Waals surface area contributed by atoms with E-state index >= 15 is 0 Å². The Kier molecular flexibility index (Phi) is 3.87. The molecule has 2 heterocycles. The molecule has 0 unspecified atom stereocenters. The van der Waals surface area contributed by atoms with Crippen molar-refractivity contribution < 1.29 is 38.2 Å². The third-order valence-electron chi connectivity index (χ3n) is 4.28. The van der Waals surface area contributed by atoms with E-state index in [0.29, 0.717) is 25.1 Å². The van der Waals surface area contributed by atoms with Crippen molar-refractivity contribution in [1.29, 1.82) is 0 Å². The van der Waals surface area contributed by atoms with Crippen molar-refractivity contribution in [3.63, 3.8) is 0 Å². The highest BCUT2D eigenvalue weighted by atomic mass is 35.5. The fourth-order valence-electron chi connectivity index (χ4n) is 2.90. The summed E-state index contributed by atoms with van der Waals surface area (Å²) in [5.74, 6) is -1.79. The maximum atomic E-state index is 12.6. The number of esters is 1. The van der Waals surface area contributed by atoms with Crippen LogP contribution < -0.4 is 0 Å². The first-order chi connectivity index (χ1) is 12.6. The van der Waals surface area contributed by atoms with Crippen LogP contribution in [-0.4, -0.2) is 80.4 Å². The quantitative estimate of drug-likeness (QED) is 0.377. The maximum absolute atomic E-state index is 12.6. The van der Waals surface area contributed by atoms with Crippen LogP contribution in [-0.2, 0) is 9.53 Å². The van der Waals surface area contributed by atoms with Gasteiger partial charge in [0.05, 0.1) is 18.2 Å². The van der Waals surface area contributed by atoms with E-state index in [0.717, 1.165) is 6.92 Å². The van der Waals surface area contributed by atoms with Crippen LogP contribution in [0.3, 0.4) is 0 Å². The van der Waals surface area contributed by atoms with Gasteiger partial charge in [0.2, 0.25) is 5.60 Å². The highest BCUT2D eigenvalue weighted by molar-refractivity contribution is 5.85. The smallest absolute Gasteiger partial charge is 0.344 e.